The highest BCUT2D eigenvalue weighted by atomic mass is 16.5. The van der Waals surface area contributed by atoms with Gasteiger partial charge in [0.05, 0.1) is 12.1 Å². The molecule has 3 heterocycles. The van der Waals surface area contributed by atoms with Crippen molar-refractivity contribution in [1.82, 2.24) is 20.3 Å². The number of rotatable bonds is 5. The van der Waals surface area contributed by atoms with Crippen LogP contribution in [0.1, 0.15) is 52.0 Å². The summed E-state index contributed by atoms with van der Waals surface area (Å²) in [6.45, 7) is 5.05. The number of anilines is 1. The molecule has 1 N–H and O–H groups in total. The lowest BCUT2D eigenvalue weighted by Crippen LogP contribution is -2.39. The van der Waals surface area contributed by atoms with E-state index in [1.54, 1.807) is 11.9 Å². The second kappa shape index (κ2) is 8.75. The van der Waals surface area contributed by atoms with Gasteiger partial charge in [-0.05, 0) is 44.9 Å². The van der Waals surface area contributed by atoms with Gasteiger partial charge in [-0.15, -0.1) is 0 Å². The maximum Gasteiger partial charge on any atom is 0.278 e. The van der Waals surface area contributed by atoms with E-state index in [1.807, 2.05) is 55.1 Å². The average Bonchev–Trinajstić information content (AvgIpc) is 3.41. The molecule has 1 aromatic carbocycles. The number of benzene rings is 1. The maximum absolute atomic E-state index is 12.8. The normalized spacial score (nSPS) is 14.6. The number of hydrogen-bond acceptors (Lipinski definition) is 5. The van der Waals surface area contributed by atoms with Gasteiger partial charge in [0, 0.05) is 43.0 Å². The van der Waals surface area contributed by atoms with Crippen molar-refractivity contribution in [1.29, 1.82) is 0 Å². The van der Waals surface area contributed by atoms with E-state index >= 15 is 0 Å². The van der Waals surface area contributed by atoms with Gasteiger partial charge in [0.2, 0.25) is 5.91 Å². The quantitative estimate of drug-likeness (QED) is 0.682. The van der Waals surface area contributed by atoms with Crippen LogP contribution in [0.5, 0.6) is 0 Å². The van der Waals surface area contributed by atoms with E-state index in [1.165, 1.54) is 0 Å². The zero-order valence-corrected chi connectivity index (χ0v) is 18.1. The minimum absolute atomic E-state index is 0.0952. The number of H-pyrrole nitrogens is 1. The molecule has 2 amide bonds. The molecule has 1 aliphatic rings. The number of amides is 2. The summed E-state index contributed by atoms with van der Waals surface area (Å²) in [5.74, 6) is 0.897. The van der Waals surface area contributed by atoms with Crippen LogP contribution in [0.2, 0.25) is 0 Å². The molecule has 31 heavy (non-hydrogen) atoms. The van der Waals surface area contributed by atoms with Crippen LogP contribution >= 0.6 is 0 Å². The highest BCUT2D eigenvalue weighted by Crippen LogP contribution is 2.28. The summed E-state index contributed by atoms with van der Waals surface area (Å²) < 4.78 is 5.16. The lowest BCUT2D eigenvalue weighted by Gasteiger charge is -2.31. The van der Waals surface area contributed by atoms with Crippen molar-refractivity contribution in [3.63, 3.8) is 0 Å². The summed E-state index contributed by atoms with van der Waals surface area (Å²) in [5.41, 5.74) is 3.82. The van der Waals surface area contributed by atoms with E-state index in [2.05, 4.69) is 15.4 Å². The SMILES string of the molecule is Cc1noc(C)c1CC(=O)N1CCC(c2cc(C(=O)N(C)c3ccccc3)n[nH]2)CC1. The number of carbonyl (C=O) groups excluding carboxylic acids is 2. The standard InChI is InChI=1S/C23H27N5O3/c1-15-19(16(2)31-26-15)13-22(29)28-11-9-17(10-12-28)20-14-21(25-24-20)23(30)27(3)18-7-5-4-6-8-18/h4-8,14,17H,9-13H2,1-3H3,(H,24,25). The number of piperidine rings is 1. The molecule has 3 aromatic rings. The van der Waals surface area contributed by atoms with E-state index in [9.17, 15) is 9.59 Å². The van der Waals surface area contributed by atoms with Crippen LogP contribution in [0.3, 0.4) is 0 Å². The third-order valence-electron chi connectivity index (χ3n) is 6.06. The number of nitrogens with zero attached hydrogens (tertiary/aromatic N) is 4. The Labute approximate surface area is 181 Å². The predicted molar refractivity (Wildman–Crippen MR) is 116 cm³/mol. The number of nitrogens with one attached hydrogen (secondary N) is 1. The Balaban J connectivity index is 1.35. The third-order valence-corrected chi connectivity index (χ3v) is 6.06. The van der Waals surface area contributed by atoms with Gasteiger partial charge in [0.1, 0.15) is 5.76 Å². The number of carbonyl (C=O) groups is 2. The van der Waals surface area contributed by atoms with E-state index in [4.69, 9.17) is 4.52 Å². The fraction of sp³-hybridized carbons (Fsp3) is 0.391. The van der Waals surface area contributed by atoms with Crippen molar-refractivity contribution in [2.75, 3.05) is 25.0 Å². The molecule has 162 valence electrons. The van der Waals surface area contributed by atoms with Crippen LogP contribution in [-0.4, -0.2) is 52.2 Å². The first-order valence-corrected chi connectivity index (χ1v) is 10.5. The summed E-state index contributed by atoms with van der Waals surface area (Å²) in [4.78, 5) is 29.0. The first kappa shape index (κ1) is 20.8. The number of aryl methyl sites for hydroxylation is 2. The molecule has 0 atom stereocenters. The Morgan fingerprint density at radius 3 is 2.55 bits per heavy atom. The minimum atomic E-state index is -0.152. The van der Waals surface area contributed by atoms with Gasteiger partial charge in [-0.2, -0.15) is 5.10 Å². The van der Waals surface area contributed by atoms with Crippen LogP contribution in [0.25, 0.3) is 0 Å². The molecule has 0 saturated carbocycles. The van der Waals surface area contributed by atoms with E-state index in [-0.39, 0.29) is 17.7 Å². The molecule has 4 rings (SSSR count). The van der Waals surface area contributed by atoms with E-state index in [0.29, 0.717) is 31.0 Å². The number of aromatic amines is 1. The minimum Gasteiger partial charge on any atom is -0.361 e. The predicted octanol–water partition coefficient (Wildman–Crippen LogP) is 3.24. The third kappa shape index (κ3) is 4.38. The second-order valence-electron chi connectivity index (χ2n) is 8.04. The largest absolute Gasteiger partial charge is 0.361 e. The van der Waals surface area contributed by atoms with Crippen molar-refractivity contribution in [2.24, 2.45) is 0 Å². The van der Waals surface area contributed by atoms with Crippen LogP contribution in [0, 0.1) is 13.8 Å². The number of para-hydroxylation sites is 1. The summed E-state index contributed by atoms with van der Waals surface area (Å²) in [6, 6.07) is 11.3. The lowest BCUT2D eigenvalue weighted by atomic mass is 9.93. The Morgan fingerprint density at radius 2 is 1.90 bits per heavy atom. The first-order chi connectivity index (χ1) is 14.9. The molecule has 0 spiro atoms. The summed E-state index contributed by atoms with van der Waals surface area (Å²) in [7, 11) is 1.75. The summed E-state index contributed by atoms with van der Waals surface area (Å²) in [6.07, 6.45) is 1.98. The van der Waals surface area contributed by atoms with E-state index in [0.717, 1.165) is 35.5 Å². The molecule has 0 unspecified atom stereocenters. The molecular formula is C23H27N5O3. The van der Waals surface area contributed by atoms with E-state index < -0.39 is 0 Å². The fourth-order valence-electron chi connectivity index (χ4n) is 4.05. The van der Waals surface area contributed by atoms with Gasteiger partial charge in [-0.3, -0.25) is 14.7 Å². The lowest BCUT2D eigenvalue weighted by molar-refractivity contribution is -0.131. The van der Waals surface area contributed by atoms with Gasteiger partial charge in [0.15, 0.2) is 5.69 Å². The van der Waals surface area contributed by atoms with Crippen LogP contribution < -0.4 is 4.90 Å². The molecule has 0 bridgehead atoms. The Morgan fingerprint density at radius 1 is 1.19 bits per heavy atom. The monoisotopic (exact) mass is 421 g/mol. The highest BCUT2D eigenvalue weighted by Gasteiger charge is 2.27. The van der Waals surface area contributed by atoms with Gasteiger partial charge < -0.3 is 14.3 Å². The average molecular weight is 422 g/mol. The highest BCUT2D eigenvalue weighted by molar-refractivity contribution is 6.04. The summed E-state index contributed by atoms with van der Waals surface area (Å²) >= 11 is 0. The summed E-state index contributed by atoms with van der Waals surface area (Å²) in [5, 5.41) is 11.2. The van der Waals surface area contributed by atoms with Crippen LogP contribution in [-0.2, 0) is 11.2 Å². The molecule has 1 saturated heterocycles. The van der Waals surface area contributed by atoms with Gasteiger partial charge in [-0.25, -0.2) is 0 Å². The van der Waals surface area contributed by atoms with Crippen molar-refractivity contribution in [2.45, 2.75) is 39.0 Å². The van der Waals surface area contributed by atoms with Crippen molar-refractivity contribution in [3.8, 4) is 0 Å². The topological polar surface area (TPSA) is 95.3 Å². The number of likely N-dealkylation sites (tertiary alicyclic amines) is 1. The molecule has 8 nitrogen and oxygen atoms in total. The van der Waals surface area contributed by atoms with Gasteiger partial charge in [0.25, 0.3) is 5.91 Å². The Bertz CT molecular complexity index is 1040. The molecule has 2 aromatic heterocycles. The zero-order chi connectivity index (χ0) is 22.0. The molecule has 0 radical (unpaired) electrons. The van der Waals surface area contributed by atoms with Crippen LogP contribution in [0.15, 0.2) is 40.9 Å². The number of hydrogen-bond donors (Lipinski definition) is 1. The zero-order valence-electron chi connectivity index (χ0n) is 18.1. The smallest absolute Gasteiger partial charge is 0.278 e. The van der Waals surface area contributed by atoms with Crippen LogP contribution in [0.4, 0.5) is 5.69 Å². The number of aromatic nitrogens is 3. The molecule has 1 aliphatic heterocycles. The van der Waals surface area contributed by atoms with Gasteiger partial charge in [-0.1, -0.05) is 23.4 Å². The van der Waals surface area contributed by atoms with Gasteiger partial charge >= 0.3 is 0 Å². The Kier molecular flexibility index (Phi) is 5.88. The maximum atomic E-state index is 12.8. The second-order valence-corrected chi connectivity index (χ2v) is 8.04. The Hall–Kier alpha value is -3.42. The molecule has 8 heteroatoms. The molecular weight excluding hydrogens is 394 g/mol. The van der Waals surface area contributed by atoms with Crippen molar-refractivity contribution >= 4 is 17.5 Å². The first-order valence-electron chi connectivity index (χ1n) is 10.5. The molecule has 1 fully saturated rings. The molecule has 0 aliphatic carbocycles. The van der Waals surface area contributed by atoms with Crippen molar-refractivity contribution in [3.05, 3.63) is 64.8 Å². The fourth-order valence-corrected chi connectivity index (χ4v) is 4.05. The van der Waals surface area contributed by atoms with Crippen molar-refractivity contribution < 1.29 is 14.1 Å².